The molecule has 1 heterocycles. The van der Waals surface area contributed by atoms with E-state index in [2.05, 4.69) is 52.5 Å². The minimum Gasteiger partial charge on any atom is -0.385 e. The van der Waals surface area contributed by atoms with E-state index >= 15 is 0 Å². The lowest BCUT2D eigenvalue weighted by molar-refractivity contribution is 0.197. The SMILES string of the molecule is CCN(c1cccc(C)c1)c1nncc(NCCCOC)n1. The van der Waals surface area contributed by atoms with E-state index in [0.717, 1.165) is 37.6 Å². The molecule has 0 atom stereocenters. The largest absolute Gasteiger partial charge is 0.385 e. The van der Waals surface area contributed by atoms with Gasteiger partial charge >= 0.3 is 0 Å². The number of benzene rings is 1. The summed E-state index contributed by atoms with van der Waals surface area (Å²) < 4.78 is 5.03. The van der Waals surface area contributed by atoms with Crippen molar-refractivity contribution in [2.75, 3.05) is 37.0 Å². The molecule has 6 nitrogen and oxygen atoms in total. The van der Waals surface area contributed by atoms with E-state index in [9.17, 15) is 0 Å². The van der Waals surface area contributed by atoms with Crippen molar-refractivity contribution in [3.05, 3.63) is 36.0 Å². The van der Waals surface area contributed by atoms with E-state index in [1.165, 1.54) is 5.56 Å². The molecule has 0 aliphatic heterocycles. The molecule has 0 amide bonds. The number of hydrogen-bond acceptors (Lipinski definition) is 6. The molecule has 1 aromatic carbocycles. The molecule has 22 heavy (non-hydrogen) atoms. The number of hydrogen-bond donors (Lipinski definition) is 1. The predicted molar refractivity (Wildman–Crippen MR) is 88.7 cm³/mol. The van der Waals surface area contributed by atoms with E-state index < -0.39 is 0 Å². The van der Waals surface area contributed by atoms with Crippen molar-refractivity contribution >= 4 is 17.5 Å². The van der Waals surface area contributed by atoms with Crippen LogP contribution in [-0.2, 0) is 4.74 Å². The number of aromatic nitrogens is 3. The van der Waals surface area contributed by atoms with Gasteiger partial charge in [0.25, 0.3) is 5.95 Å². The molecule has 118 valence electrons. The summed E-state index contributed by atoms with van der Waals surface area (Å²) in [6, 6.07) is 8.28. The molecule has 6 heteroatoms. The van der Waals surface area contributed by atoms with Crippen molar-refractivity contribution in [3.63, 3.8) is 0 Å². The Morgan fingerprint density at radius 2 is 2.18 bits per heavy atom. The molecule has 1 N–H and O–H groups in total. The predicted octanol–water partition coefficient (Wildman–Crippen LogP) is 2.79. The smallest absolute Gasteiger partial charge is 0.251 e. The maximum absolute atomic E-state index is 5.03. The Balaban J connectivity index is 2.12. The average molecular weight is 301 g/mol. The van der Waals surface area contributed by atoms with Crippen LogP contribution in [0.25, 0.3) is 0 Å². The molecule has 0 aliphatic rings. The molecule has 0 spiro atoms. The van der Waals surface area contributed by atoms with E-state index in [1.54, 1.807) is 13.3 Å². The van der Waals surface area contributed by atoms with Crippen LogP contribution in [0.3, 0.4) is 0 Å². The van der Waals surface area contributed by atoms with Gasteiger partial charge in [-0.15, -0.1) is 5.10 Å². The van der Waals surface area contributed by atoms with Crippen LogP contribution >= 0.6 is 0 Å². The van der Waals surface area contributed by atoms with Crippen LogP contribution < -0.4 is 10.2 Å². The number of rotatable bonds is 8. The van der Waals surface area contributed by atoms with Crippen LogP contribution in [0.4, 0.5) is 17.5 Å². The fraction of sp³-hybridized carbons (Fsp3) is 0.438. The first kappa shape index (κ1) is 16.2. The van der Waals surface area contributed by atoms with Crippen LogP contribution in [0, 0.1) is 6.92 Å². The van der Waals surface area contributed by atoms with Gasteiger partial charge in [-0.25, -0.2) is 0 Å². The lowest BCUT2D eigenvalue weighted by atomic mass is 10.2. The van der Waals surface area contributed by atoms with E-state index in [4.69, 9.17) is 4.74 Å². The molecular formula is C16H23N5O. The third kappa shape index (κ3) is 4.39. The second kappa shape index (κ2) is 8.29. The van der Waals surface area contributed by atoms with E-state index in [0.29, 0.717) is 5.95 Å². The van der Waals surface area contributed by atoms with Crippen LogP contribution in [0.5, 0.6) is 0 Å². The molecule has 2 aromatic rings. The maximum Gasteiger partial charge on any atom is 0.251 e. The molecule has 2 rings (SSSR count). The van der Waals surface area contributed by atoms with Crippen molar-refractivity contribution in [2.24, 2.45) is 0 Å². The monoisotopic (exact) mass is 301 g/mol. The lowest BCUT2D eigenvalue weighted by Gasteiger charge is -2.21. The Morgan fingerprint density at radius 1 is 1.32 bits per heavy atom. The topological polar surface area (TPSA) is 63.2 Å². The molecule has 0 aliphatic carbocycles. The van der Waals surface area contributed by atoms with Crippen LogP contribution in [0.1, 0.15) is 18.9 Å². The summed E-state index contributed by atoms with van der Waals surface area (Å²) in [4.78, 5) is 6.59. The Morgan fingerprint density at radius 3 is 2.91 bits per heavy atom. The fourth-order valence-corrected chi connectivity index (χ4v) is 2.16. The Hall–Kier alpha value is -2.21. The molecule has 0 bridgehead atoms. The average Bonchev–Trinajstić information content (AvgIpc) is 2.53. The standard InChI is InChI=1S/C16H23N5O/c1-4-21(14-8-5-7-13(2)11-14)16-19-15(12-18-20-16)17-9-6-10-22-3/h5,7-8,11-12H,4,6,9-10H2,1-3H3,(H,17,19,20). The second-order valence-electron chi connectivity index (χ2n) is 5.00. The van der Waals surface area contributed by atoms with Gasteiger partial charge in [-0.1, -0.05) is 12.1 Å². The molecule has 0 unspecified atom stereocenters. The van der Waals surface area contributed by atoms with E-state index in [1.807, 2.05) is 11.0 Å². The molecular weight excluding hydrogens is 278 g/mol. The Labute approximate surface area is 131 Å². The van der Waals surface area contributed by atoms with Gasteiger partial charge < -0.3 is 15.0 Å². The van der Waals surface area contributed by atoms with Crippen molar-refractivity contribution in [1.29, 1.82) is 0 Å². The quantitative estimate of drug-likeness (QED) is 0.756. The first-order valence-corrected chi connectivity index (χ1v) is 7.51. The number of anilines is 3. The van der Waals surface area contributed by atoms with Crippen molar-refractivity contribution in [1.82, 2.24) is 15.2 Å². The number of methoxy groups -OCH3 is 1. The van der Waals surface area contributed by atoms with Gasteiger partial charge in [0.1, 0.15) is 0 Å². The van der Waals surface area contributed by atoms with Crippen molar-refractivity contribution < 1.29 is 4.74 Å². The molecule has 0 saturated heterocycles. The van der Waals surface area contributed by atoms with Gasteiger partial charge in [0.15, 0.2) is 5.82 Å². The third-order valence-corrected chi connectivity index (χ3v) is 3.25. The Bertz CT molecular complexity index is 590. The Kier molecular flexibility index (Phi) is 6.09. The summed E-state index contributed by atoms with van der Waals surface area (Å²) in [6.07, 6.45) is 2.56. The minimum atomic E-state index is 0.602. The van der Waals surface area contributed by atoms with Gasteiger partial charge in [-0.05, 0) is 38.0 Å². The molecule has 0 fully saturated rings. The summed E-state index contributed by atoms with van der Waals surface area (Å²) in [5, 5.41) is 11.5. The first-order chi connectivity index (χ1) is 10.7. The number of aryl methyl sites for hydroxylation is 1. The highest BCUT2D eigenvalue weighted by molar-refractivity contribution is 5.58. The molecule has 0 saturated carbocycles. The zero-order valence-corrected chi connectivity index (χ0v) is 13.4. The molecule has 1 aromatic heterocycles. The summed E-state index contributed by atoms with van der Waals surface area (Å²) in [6.45, 7) is 6.44. The van der Waals surface area contributed by atoms with Crippen LogP contribution in [0.15, 0.2) is 30.5 Å². The number of nitrogens with zero attached hydrogens (tertiary/aromatic N) is 4. The summed E-state index contributed by atoms with van der Waals surface area (Å²) in [5.74, 6) is 1.33. The van der Waals surface area contributed by atoms with Crippen molar-refractivity contribution in [3.8, 4) is 0 Å². The second-order valence-corrected chi connectivity index (χ2v) is 5.00. The lowest BCUT2D eigenvalue weighted by Crippen LogP contribution is -2.20. The summed E-state index contributed by atoms with van der Waals surface area (Å²) in [5.41, 5.74) is 2.28. The van der Waals surface area contributed by atoms with Crippen molar-refractivity contribution in [2.45, 2.75) is 20.3 Å². The van der Waals surface area contributed by atoms with Gasteiger partial charge in [0.2, 0.25) is 0 Å². The van der Waals surface area contributed by atoms with Gasteiger partial charge in [0, 0.05) is 32.5 Å². The first-order valence-electron chi connectivity index (χ1n) is 7.51. The van der Waals surface area contributed by atoms with Gasteiger partial charge in [-0.2, -0.15) is 10.1 Å². The summed E-state index contributed by atoms with van der Waals surface area (Å²) in [7, 11) is 1.70. The highest BCUT2D eigenvalue weighted by atomic mass is 16.5. The fourth-order valence-electron chi connectivity index (χ4n) is 2.16. The number of nitrogens with one attached hydrogen (secondary N) is 1. The van der Waals surface area contributed by atoms with Crippen LogP contribution in [0.2, 0.25) is 0 Å². The minimum absolute atomic E-state index is 0.602. The zero-order valence-electron chi connectivity index (χ0n) is 13.4. The summed E-state index contributed by atoms with van der Waals surface area (Å²) >= 11 is 0. The van der Waals surface area contributed by atoms with Gasteiger partial charge in [0.05, 0.1) is 6.20 Å². The third-order valence-electron chi connectivity index (χ3n) is 3.25. The van der Waals surface area contributed by atoms with E-state index in [-0.39, 0.29) is 0 Å². The maximum atomic E-state index is 5.03. The highest BCUT2D eigenvalue weighted by Crippen LogP contribution is 2.22. The highest BCUT2D eigenvalue weighted by Gasteiger charge is 2.11. The van der Waals surface area contributed by atoms with Crippen LogP contribution in [-0.4, -0.2) is 42.0 Å². The normalized spacial score (nSPS) is 10.5. The van der Waals surface area contributed by atoms with Gasteiger partial charge in [-0.3, -0.25) is 0 Å². The number of ether oxygens (including phenoxy) is 1. The zero-order chi connectivity index (χ0) is 15.8. The molecule has 0 radical (unpaired) electrons.